The largest absolute Gasteiger partial charge is 0.573 e. The Morgan fingerprint density at radius 2 is 1.79 bits per heavy atom. The molecule has 0 bridgehead atoms. The molecular weight excluding hydrogens is 519 g/mol. The number of carbonyl (C=O) groups excluding carboxylic acids is 2. The van der Waals surface area contributed by atoms with E-state index in [-0.39, 0.29) is 23.4 Å². The summed E-state index contributed by atoms with van der Waals surface area (Å²) in [7, 11) is 0. The van der Waals surface area contributed by atoms with E-state index in [1.807, 2.05) is 0 Å². The van der Waals surface area contributed by atoms with Crippen LogP contribution < -0.4 is 9.64 Å². The highest BCUT2D eigenvalue weighted by molar-refractivity contribution is 6.32. The Morgan fingerprint density at radius 3 is 2.45 bits per heavy atom. The minimum atomic E-state index is -4.97. The van der Waals surface area contributed by atoms with E-state index < -0.39 is 41.2 Å². The average Bonchev–Trinajstić information content (AvgIpc) is 3.11. The minimum Gasteiger partial charge on any atom is -0.508 e. The number of nitrogens with zero attached hydrogens (tertiary/aromatic N) is 1. The molecule has 194 valence electrons. The Hall–Kier alpha value is -4.04. The molecule has 1 heterocycles. The van der Waals surface area contributed by atoms with Gasteiger partial charge in [-0.05, 0) is 54.0 Å². The number of phenolic OH excluding ortho intramolecular Hbond substituents is 1. The van der Waals surface area contributed by atoms with Gasteiger partial charge in [-0.2, -0.15) is 0 Å². The number of alkyl halides is 3. The average molecular weight is 540 g/mol. The number of imide groups is 1. The number of anilines is 1. The minimum absolute atomic E-state index is 0.000507. The third-order valence-electron chi connectivity index (χ3n) is 7.10. The molecule has 0 radical (unpaired) electrons. The molecule has 3 aromatic rings. The van der Waals surface area contributed by atoms with Crippen LogP contribution in [0.4, 0.5) is 18.9 Å². The maximum atomic E-state index is 14.6. The molecule has 0 spiro atoms. The van der Waals surface area contributed by atoms with Gasteiger partial charge in [-0.15, -0.1) is 13.2 Å². The van der Waals surface area contributed by atoms with Crippen molar-refractivity contribution in [3.8, 4) is 11.5 Å². The van der Waals surface area contributed by atoms with Gasteiger partial charge in [-0.3, -0.25) is 9.59 Å². The molecule has 1 fully saturated rings. The van der Waals surface area contributed by atoms with Crippen LogP contribution >= 0.6 is 11.6 Å². The van der Waals surface area contributed by atoms with Gasteiger partial charge in [0.05, 0.1) is 17.0 Å². The molecule has 3 aromatic carbocycles. The van der Waals surface area contributed by atoms with Crippen molar-refractivity contribution in [2.75, 3.05) is 4.90 Å². The van der Waals surface area contributed by atoms with Crippen LogP contribution in [0.25, 0.3) is 0 Å². The lowest BCUT2D eigenvalue weighted by molar-refractivity contribution is -0.274. The molecule has 38 heavy (non-hydrogen) atoms. The molecule has 5 rings (SSSR count). The predicted molar refractivity (Wildman–Crippen MR) is 136 cm³/mol. The Balaban J connectivity index is 1.80. The lowest BCUT2D eigenvalue weighted by Crippen LogP contribution is -2.48. The fraction of sp³-hybridized carbons (Fsp3) is 0.172. The summed E-state index contributed by atoms with van der Waals surface area (Å²) in [6.07, 6.45) is -1.58. The zero-order chi connectivity index (χ0) is 27.2. The summed E-state index contributed by atoms with van der Waals surface area (Å²) in [5, 5.41) is 11.2. The highest BCUT2D eigenvalue weighted by Crippen LogP contribution is 2.59. The second-order valence-electron chi connectivity index (χ2n) is 9.09. The third kappa shape index (κ3) is 4.05. The van der Waals surface area contributed by atoms with Crippen molar-refractivity contribution in [1.82, 2.24) is 0 Å². The van der Waals surface area contributed by atoms with Crippen molar-refractivity contribution in [1.29, 1.82) is 0 Å². The topological polar surface area (TPSA) is 66.8 Å². The van der Waals surface area contributed by atoms with Gasteiger partial charge in [0.15, 0.2) is 0 Å². The normalized spacial score (nSPS) is 23.2. The summed E-state index contributed by atoms with van der Waals surface area (Å²) in [6, 6.07) is 18.0. The molecule has 9 heteroatoms. The van der Waals surface area contributed by atoms with Crippen LogP contribution in [-0.2, 0) is 15.0 Å². The van der Waals surface area contributed by atoms with Crippen LogP contribution in [0.1, 0.15) is 23.5 Å². The highest BCUT2D eigenvalue weighted by atomic mass is 35.5. The van der Waals surface area contributed by atoms with E-state index >= 15 is 0 Å². The maximum Gasteiger partial charge on any atom is 0.573 e. The number of phenols is 1. The first kappa shape index (κ1) is 25.6. The molecule has 5 nitrogen and oxygen atoms in total. The maximum absolute atomic E-state index is 14.6. The van der Waals surface area contributed by atoms with E-state index in [2.05, 4.69) is 11.3 Å². The number of allylic oxidation sites excluding steroid dienone is 3. The summed E-state index contributed by atoms with van der Waals surface area (Å²) < 4.78 is 43.3. The summed E-state index contributed by atoms with van der Waals surface area (Å²) in [5.74, 6) is -3.96. The van der Waals surface area contributed by atoms with Crippen LogP contribution in [0.3, 0.4) is 0 Å². The molecular formula is C29H21ClF3NO4. The van der Waals surface area contributed by atoms with Crippen LogP contribution in [0.5, 0.6) is 11.5 Å². The number of rotatable bonds is 5. The zero-order valence-corrected chi connectivity index (χ0v) is 20.5. The molecule has 0 saturated carbocycles. The standard InChI is InChI=1S/C29H21ClF3NO4/c1-2-17-11-13-23-26(36)34(20-10-6-9-19(30)15-20)27(37)28(23,18-7-4-3-5-8-18)25(17)22-16-21(12-14-24(22)35)38-29(31,32)33/h2-12,14-16,23,25,35H,1,13H2/t23-,25+,28+/m0/s1. The van der Waals surface area contributed by atoms with E-state index in [9.17, 15) is 27.9 Å². The highest BCUT2D eigenvalue weighted by Gasteiger charge is 2.66. The molecule has 0 unspecified atom stereocenters. The quantitative estimate of drug-likeness (QED) is 0.368. The smallest absolute Gasteiger partial charge is 0.508 e. The first-order chi connectivity index (χ1) is 18.1. The number of aromatic hydroxyl groups is 1. The van der Waals surface area contributed by atoms with Gasteiger partial charge in [0.25, 0.3) is 0 Å². The van der Waals surface area contributed by atoms with E-state index in [0.29, 0.717) is 16.2 Å². The van der Waals surface area contributed by atoms with Crippen molar-refractivity contribution in [3.05, 3.63) is 113 Å². The Morgan fingerprint density at radius 1 is 1.05 bits per heavy atom. The molecule has 3 atom stereocenters. The lowest BCUT2D eigenvalue weighted by Gasteiger charge is -2.43. The van der Waals surface area contributed by atoms with E-state index in [0.717, 1.165) is 23.1 Å². The molecule has 1 saturated heterocycles. The number of carbonyl (C=O) groups is 2. The van der Waals surface area contributed by atoms with Crippen LogP contribution in [0, 0.1) is 5.92 Å². The fourth-order valence-corrected chi connectivity index (χ4v) is 5.87. The first-order valence-electron chi connectivity index (χ1n) is 11.7. The van der Waals surface area contributed by atoms with Crippen LogP contribution in [0.2, 0.25) is 5.02 Å². The summed E-state index contributed by atoms with van der Waals surface area (Å²) in [5.41, 5.74) is -0.367. The molecule has 2 aliphatic rings. The number of fused-ring (bicyclic) bond motifs is 1. The Kier molecular flexibility index (Phi) is 6.31. The number of hydrogen-bond acceptors (Lipinski definition) is 4. The summed E-state index contributed by atoms with van der Waals surface area (Å²) in [6.45, 7) is 3.85. The van der Waals surface area contributed by atoms with Gasteiger partial charge >= 0.3 is 6.36 Å². The van der Waals surface area contributed by atoms with Gasteiger partial charge in [0.1, 0.15) is 11.5 Å². The van der Waals surface area contributed by atoms with E-state index in [1.165, 1.54) is 12.1 Å². The van der Waals surface area contributed by atoms with Gasteiger partial charge in [-0.1, -0.05) is 66.7 Å². The third-order valence-corrected chi connectivity index (χ3v) is 7.34. The van der Waals surface area contributed by atoms with Crippen LogP contribution in [-0.4, -0.2) is 23.3 Å². The number of benzene rings is 3. The SMILES string of the molecule is C=CC1=CC[C@H]2C(=O)N(c3cccc(Cl)c3)C(=O)[C@@]2(c2ccccc2)[C@H]1c1cc(OC(F)(F)F)ccc1O. The number of ether oxygens (including phenoxy) is 1. The van der Waals surface area contributed by atoms with Crippen molar-refractivity contribution in [2.24, 2.45) is 5.92 Å². The Labute approximate surface area is 221 Å². The van der Waals surface area contributed by atoms with Gasteiger partial charge in [-0.25, -0.2) is 4.90 Å². The second-order valence-corrected chi connectivity index (χ2v) is 9.53. The summed E-state index contributed by atoms with van der Waals surface area (Å²) >= 11 is 6.17. The van der Waals surface area contributed by atoms with Gasteiger partial charge in [0.2, 0.25) is 11.8 Å². The first-order valence-corrected chi connectivity index (χ1v) is 12.1. The molecule has 1 N–H and O–H groups in total. The van der Waals surface area contributed by atoms with Crippen molar-refractivity contribution < 1.29 is 32.6 Å². The van der Waals surface area contributed by atoms with Gasteiger partial charge in [0, 0.05) is 16.5 Å². The number of amides is 2. The number of hydrogen-bond donors (Lipinski definition) is 1. The molecule has 2 amide bonds. The summed E-state index contributed by atoms with van der Waals surface area (Å²) in [4.78, 5) is 29.6. The number of halogens is 4. The van der Waals surface area contributed by atoms with E-state index in [4.69, 9.17) is 11.6 Å². The monoisotopic (exact) mass is 539 g/mol. The van der Waals surface area contributed by atoms with Crippen LogP contribution in [0.15, 0.2) is 97.1 Å². The van der Waals surface area contributed by atoms with Crippen molar-refractivity contribution in [3.63, 3.8) is 0 Å². The van der Waals surface area contributed by atoms with Crippen molar-refractivity contribution >= 4 is 29.1 Å². The van der Waals surface area contributed by atoms with Gasteiger partial charge < -0.3 is 9.84 Å². The van der Waals surface area contributed by atoms with Crippen molar-refractivity contribution in [2.45, 2.75) is 24.1 Å². The predicted octanol–water partition coefficient (Wildman–Crippen LogP) is 6.67. The molecule has 1 aliphatic heterocycles. The fourth-order valence-electron chi connectivity index (χ4n) is 5.68. The molecule has 0 aromatic heterocycles. The lowest BCUT2D eigenvalue weighted by atomic mass is 9.56. The second kappa shape index (κ2) is 9.36. The zero-order valence-electron chi connectivity index (χ0n) is 19.8. The Bertz CT molecular complexity index is 1470. The van der Waals surface area contributed by atoms with E-state index in [1.54, 1.807) is 54.6 Å². The molecule has 1 aliphatic carbocycles.